The van der Waals surface area contributed by atoms with Crippen molar-refractivity contribution in [3.8, 4) is 0 Å². The Morgan fingerprint density at radius 1 is 1.32 bits per heavy atom. The fourth-order valence-corrected chi connectivity index (χ4v) is 6.14. The smallest absolute Gasteiger partial charge is 0.412 e. The first kappa shape index (κ1) is 26.7. The van der Waals surface area contributed by atoms with Gasteiger partial charge in [0.2, 0.25) is 0 Å². The normalized spacial score (nSPS) is 27.6. The Hall–Kier alpha value is -1.86. The Morgan fingerprint density at radius 3 is 2.71 bits per heavy atom. The van der Waals surface area contributed by atoms with Gasteiger partial charge in [0.1, 0.15) is 5.78 Å². The minimum Gasteiger partial charge on any atom is -0.453 e. The molecule has 8 heteroatoms. The number of aliphatic imine (C=N–C) groups is 1. The monoisotopic (exact) mass is 505 g/mol. The minimum absolute atomic E-state index is 0.104. The molecule has 0 aromatic heterocycles. The van der Waals surface area contributed by atoms with Crippen LogP contribution in [0.4, 0.5) is 4.79 Å². The van der Waals surface area contributed by atoms with Crippen molar-refractivity contribution < 1.29 is 14.3 Å². The van der Waals surface area contributed by atoms with Gasteiger partial charge in [-0.3, -0.25) is 10.1 Å². The highest BCUT2D eigenvalue weighted by molar-refractivity contribution is 8.13. The predicted molar refractivity (Wildman–Crippen MR) is 141 cm³/mol. The molecule has 2 unspecified atom stereocenters. The highest BCUT2D eigenvalue weighted by Crippen LogP contribution is 2.44. The van der Waals surface area contributed by atoms with Crippen molar-refractivity contribution in [1.82, 2.24) is 5.32 Å². The lowest BCUT2D eigenvalue weighted by Crippen LogP contribution is -2.38. The summed E-state index contributed by atoms with van der Waals surface area (Å²) in [6, 6.07) is 0. The molecule has 3 aliphatic carbocycles. The second kappa shape index (κ2) is 12.2. The van der Waals surface area contributed by atoms with Crippen molar-refractivity contribution in [2.45, 2.75) is 76.1 Å². The summed E-state index contributed by atoms with van der Waals surface area (Å²) in [5.74, 6) is 1.21. The molecule has 186 valence electrons. The van der Waals surface area contributed by atoms with Crippen molar-refractivity contribution >= 4 is 46.1 Å². The van der Waals surface area contributed by atoms with Crippen LogP contribution in [-0.4, -0.2) is 40.6 Å². The van der Waals surface area contributed by atoms with Gasteiger partial charge < -0.3 is 10.1 Å². The van der Waals surface area contributed by atoms with Crippen LogP contribution in [0, 0.1) is 16.7 Å². The molecule has 2 N–H and O–H groups in total. The lowest BCUT2D eigenvalue weighted by molar-refractivity contribution is -0.130. The fraction of sp³-hybridized carbons (Fsp3) is 0.615. The highest BCUT2D eigenvalue weighted by atomic mass is 35.5. The van der Waals surface area contributed by atoms with E-state index in [4.69, 9.17) is 21.7 Å². The Kier molecular flexibility index (Phi) is 9.60. The summed E-state index contributed by atoms with van der Waals surface area (Å²) in [6.07, 6.45) is 17.6. The van der Waals surface area contributed by atoms with Gasteiger partial charge in [0, 0.05) is 36.6 Å². The van der Waals surface area contributed by atoms with E-state index in [0.717, 1.165) is 49.9 Å². The SMILES string of the molecule is CCCCSC(=NC1(Cl)C=CC(CC2(C(=O)C3CCCC3)C=CCC(=N)C2)=CC1)NC(=O)OC. The zero-order valence-electron chi connectivity index (χ0n) is 20.2. The van der Waals surface area contributed by atoms with E-state index in [2.05, 4.69) is 23.3 Å². The molecule has 1 amide bonds. The van der Waals surface area contributed by atoms with E-state index in [1.54, 1.807) is 0 Å². The molecule has 34 heavy (non-hydrogen) atoms. The number of nitrogens with zero attached hydrogens (tertiary/aromatic N) is 1. The van der Waals surface area contributed by atoms with Gasteiger partial charge in [-0.25, -0.2) is 9.79 Å². The number of hydrogen-bond donors (Lipinski definition) is 2. The number of nitrogens with one attached hydrogen (secondary N) is 2. The number of carbonyl (C=O) groups excluding carboxylic acids is 2. The zero-order chi connectivity index (χ0) is 24.6. The van der Waals surface area contributed by atoms with E-state index in [9.17, 15) is 9.59 Å². The van der Waals surface area contributed by atoms with Crippen molar-refractivity contribution in [2.75, 3.05) is 12.9 Å². The third-order valence-electron chi connectivity index (χ3n) is 6.69. The van der Waals surface area contributed by atoms with Crippen LogP contribution in [0.3, 0.4) is 0 Å². The molecule has 0 aromatic rings. The number of thioether (sulfide) groups is 1. The maximum absolute atomic E-state index is 13.6. The summed E-state index contributed by atoms with van der Waals surface area (Å²) in [7, 11) is 1.32. The number of rotatable bonds is 8. The third kappa shape index (κ3) is 7.08. The zero-order valence-corrected chi connectivity index (χ0v) is 21.8. The van der Waals surface area contributed by atoms with Crippen LogP contribution in [-0.2, 0) is 9.53 Å². The molecule has 0 radical (unpaired) electrons. The molecular weight excluding hydrogens is 470 g/mol. The van der Waals surface area contributed by atoms with E-state index >= 15 is 0 Å². The van der Waals surface area contributed by atoms with E-state index in [-0.39, 0.29) is 11.7 Å². The first-order chi connectivity index (χ1) is 16.3. The first-order valence-electron chi connectivity index (χ1n) is 12.2. The van der Waals surface area contributed by atoms with Crippen molar-refractivity contribution in [1.29, 1.82) is 5.41 Å². The van der Waals surface area contributed by atoms with Crippen molar-refractivity contribution in [2.24, 2.45) is 16.3 Å². The van der Waals surface area contributed by atoms with Gasteiger partial charge in [0.25, 0.3) is 0 Å². The summed E-state index contributed by atoms with van der Waals surface area (Å²) in [5, 5.41) is 11.4. The molecule has 0 aliphatic heterocycles. The molecule has 0 spiro atoms. The highest BCUT2D eigenvalue weighted by Gasteiger charge is 2.43. The molecule has 0 heterocycles. The maximum atomic E-state index is 13.6. The van der Waals surface area contributed by atoms with Crippen LogP contribution in [0.15, 0.2) is 40.9 Å². The number of Topliss-reactive ketones (excluding diaryl/α,β-unsaturated/α-hetero) is 1. The molecule has 2 atom stereocenters. The predicted octanol–water partition coefficient (Wildman–Crippen LogP) is 6.56. The molecule has 3 rings (SSSR count). The maximum Gasteiger partial charge on any atom is 0.412 e. The number of unbranched alkanes of at least 4 members (excludes halogenated alkanes) is 1. The van der Waals surface area contributed by atoms with Gasteiger partial charge >= 0.3 is 6.09 Å². The Balaban J connectivity index is 1.75. The Bertz CT molecular complexity index is 907. The number of hydrogen-bond acceptors (Lipinski definition) is 6. The number of alkyl carbamates (subject to hydrolysis) is 1. The lowest BCUT2D eigenvalue weighted by atomic mass is 9.67. The first-order valence-corrected chi connectivity index (χ1v) is 13.6. The molecule has 0 saturated heterocycles. The Labute approximate surface area is 212 Å². The lowest BCUT2D eigenvalue weighted by Gasteiger charge is -2.35. The van der Waals surface area contributed by atoms with Gasteiger partial charge in [-0.1, -0.05) is 79.4 Å². The second-order valence-corrected chi connectivity index (χ2v) is 11.2. The number of ether oxygens (including phenoxy) is 1. The van der Waals surface area contributed by atoms with Gasteiger partial charge in [-0.05, 0) is 31.8 Å². The summed E-state index contributed by atoms with van der Waals surface area (Å²) < 4.78 is 4.72. The molecule has 1 fully saturated rings. The quantitative estimate of drug-likeness (QED) is 0.0975. The number of amidine groups is 1. The van der Waals surface area contributed by atoms with Crippen LogP contribution in [0.25, 0.3) is 0 Å². The number of ketones is 1. The second-order valence-electron chi connectivity index (χ2n) is 9.44. The van der Waals surface area contributed by atoms with E-state index < -0.39 is 16.5 Å². The molecule has 6 nitrogen and oxygen atoms in total. The topological polar surface area (TPSA) is 91.6 Å². The summed E-state index contributed by atoms with van der Waals surface area (Å²) >= 11 is 8.25. The standard InChI is InChI=1S/C26H36ClN3O3S/c1-3-4-16-34-23(29-24(32)33-2)30-26(27)14-11-19(12-15-26)17-25(13-7-10-21(28)18-25)22(31)20-8-5-6-9-20/h7,11-14,20,28H,3-6,8-10,15-18H2,1-2H3,(H,29,30,32). The molecule has 0 bridgehead atoms. The number of alkyl halides is 1. The van der Waals surface area contributed by atoms with E-state index in [0.29, 0.717) is 36.6 Å². The van der Waals surface area contributed by atoms with Crippen molar-refractivity contribution in [3.63, 3.8) is 0 Å². The van der Waals surface area contributed by atoms with Crippen LogP contribution in [0.1, 0.15) is 71.1 Å². The van der Waals surface area contributed by atoms with E-state index in [1.165, 1.54) is 18.9 Å². The van der Waals surface area contributed by atoms with Gasteiger partial charge in [0.05, 0.1) is 12.5 Å². The largest absolute Gasteiger partial charge is 0.453 e. The summed E-state index contributed by atoms with van der Waals surface area (Å²) in [5.41, 5.74) is 1.02. The van der Waals surface area contributed by atoms with Crippen LogP contribution >= 0.6 is 23.4 Å². The molecular formula is C26H36ClN3O3S. The fourth-order valence-electron chi connectivity index (χ4n) is 4.85. The Morgan fingerprint density at radius 2 is 2.09 bits per heavy atom. The van der Waals surface area contributed by atoms with E-state index in [1.807, 2.05) is 24.3 Å². The van der Waals surface area contributed by atoms with Gasteiger partial charge in [0.15, 0.2) is 10.2 Å². The number of allylic oxidation sites excluding steroid dienone is 4. The number of halogens is 1. The molecule has 1 saturated carbocycles. The van der Waals surface area contributed by atoms with Gasteiger partial charge in [-0.15, -0.1) is 0 Å². The average Bonchev–Trinajstić information content (AvgIpc) is 3.35. The average molecular weight is 506 g/mol. The molecule has 0 aromatic carbocycles. The number of carbonyl (C=O) groups is 2. The number of methoxy groups -OCH3 is 1. The number of amides is 1. The van der Waals surface area contributed by atoms with Crippen LogP contribution in [0.5, 0.6) is 0 Å². The summed E-state index contributed by atoms with van der Waals surface area (Å²) in [6.45, 7) is 2.11. The van der Waals surface area contributed by atoms with Gasteiger partial charge in [-0.2, -0.15) is 0 Å². The van der Waals surface area contributed by atoms with Crippen molar-refractivity contribution in [3.05, 3.63) is 36.0 Å². The minimum atomic E-state index is -1.00. The van der Waals surface area contributed by atoms with Crippen LogP contribution in [0.2, 0.25) is 0 Å². The third-order valence-corrected chi connectivity index (χ3v) is 8.01. The summed E-state index contributed by atoms with van der Waals surface area (Å²) in [4.78, 5) is 28.9. The molecule has 3 aliphatic rings. The van der Waals surface area contributed by atoms with Crippen LogP contribution < -0.4 is 5.32 Å².